The number of rotatable bonds is 7. The molecule has 0 saturated carbocycles. The third kappa shape index (κ3) is 6.20. The molecule has 0 bridgehead atoms. The van der Waals surface area contributed by atoms with E-state index in [-0.39, 0.29) is 27.6 Å². The highest BCUT2D eigenvalue weighted by molar-refractivity contribution is 7.91. The second-order valence-corrected chi connectivity index (χ2v) is 13.5. The molecule has 0 fully saturated rings. The van der Waals surface area contributed by atoms with Crippen molar-refractivity contribution in [1.29, 1.82) is 0 Å². The highest BCUT2D eigenvalue weighted by Crippen LogP contribution is 2.35. The molecule has 1 aliphatic rings. The minimum absolute atomic E-state index is 0.136. The zero-order chi connectivity index (χ0) is 25.4. The summed E-state index contributed by atoms with van der Waals surface area (Å²) < 4.78 is 53.9. The summed E-state index contributed by atoms with van der Waals surface area (Å²) in [4.78, 5) is 0. The number of amidine groups is 2. The van der Waals surface area contributed by atoms with Gasteiger partial charge in [0.15, 0.2) is 21.7 Å². The third-order valence-electron chi connectivity index (χ3n) is 5.04. The van der Waals surface area contributed by atoms with Crippen LogP contribution in [0.5, 0.6) is 5.75 Å². The van der Waals surface area contributed by atoms with Crippen LogP contribution in [0.25, 0.3) is 0 Å². The number of hydrogen-bond donors (Lipinski definition) is 4. The van der Waals surface area contributed by atoms with Gasteiger partial charge in [-0.1, -0.05) is 27.7 Å². The lowest BCUT2D eigenvalue weighted by molar-refractivity contribution is -0.600. The Balaban J connectivity index is 1.83. The first-order chi connectivity index (χ1) is 15.7. The van der Waals surface area contributed by atoms with Crippen LogP contribution in [0.1, 0.15) is 71.7 Å². The Morgan fingerprint density at radius 3 is 2.38 bits per heavy atom. The van der Waals surface area contributed by atoms with Gasteiger partial charge in [0.1, 0.15) is 0 Å². The van der Waals surface area contributed by atoms with Gasteiger partial charge in [-0.05, 0) is 38.3 Å². The molecule has 0 radical (unpaired) electrons. The largest absolute Gasteiger partial charge is 0.501 e. The monoisotopic (exact) mass is 531 g/mol. The maximum Gasteiger partial charge on any atom is 0.324 e. The Morgan fingerprint density at radius 1 is 1.18 bits per heavy atom. The second-order valence-electron chi connectivity index (χ2n) is 9.88. The fraction of sp³-hybridized carbons (Fsp3) is 0.524. The molecule has 3 rings (SSSR count). The van der Waals surface area contributed by atoms with Crippen molar-refractivity contribution in [3.63, 3.8) is 0 Å². The number of sulfonamides is 1. The Labute approximate surface area is 206 Å². The smallest absolute Gasteiger partial charge is 0.324 e. The Bertz CT molecular complexity index is 1240. The van der Waals surface area contributed by atoms with Gasteiger partial charge in [-0.15, -0.1) is 20.1 Å². The van der Waals surface area contributed by atoms with Crippen molar-refractivity contribution < 1.29 is 32.8 Å². The van der Waals surface area contributed by atoms with Crippen LogP contribution in [0, 0.1) is 5.92 Å². The molecule has 0 saturated heterocycles. The zero-order valence-corrected chi connectivity index (χ0v) is 22.8. The van der Waals surface area contributed by atoms with Gasteiger partial charge in [0.25, 0.3) is 21.2 Å². The van der Waals surface area contributed by atoms with Crippen LogP contribution in [-0.2, 0) is 21.2 Å². The standard InChI is InChI=1S/C21H31N5O5S3/c1-11(2)13-8-15(31-9-13)16(12(3)4)23-19-18(24-33(28)25-19)22-14-10-32-20(17(14)27)34(29,30)26-21(5,6)7/h8-12,16,26-27H,1-7H3,(H,22,24)(H,23,25)/p+2. The van der Waals surface area contributed by atoms with Crippen molar-refractivity contribution >= 4 is 49.9 Å². The minimum atomic E-state index is -3.91. The molecule has 0 amide bonds. The predicted molar refractivity (Wildman–Crippen MR) is 133 cm³/mol. The van der Waals surface area contributed by atoms with E-state index < -0.39 is 26.7 Å². The molecule has 0 aliphatic carbocycles. The van der Waals surface area contributed by atoms with E-state index >= 15 is 0 Å². The van der Waals surface area contributed by atoms with Gasteiger partial charge in [0.05, 0.1) is 11.6 Å². The molecule has 0 aromatic carbocycles. The molecule has 0 spiro atoms. The maximum atomic E-state index is 12.7. The highest BCUT2D eigenvalue weighted by Gasteiger charge is 2.36. The molecule has 2 unspecified atom stereocenters. The number of hydrogen-bond acceptors (Lipinski definition) is 6. The number of nitrogens with two attached hydrogens (primary N) is 2. The van der Waals surface area contributed by atoms with Crippen LogP contribution in [-0.4, -0.2) is 34.9 Å². The van der Waals surface area contributed by atoms with Crippen LogP contribution in [0.4, 0.5) is 5.69 Å². The molecule has 1 aliphatic heterocycles. The van der Waals surface area contributed by atoms with E-state index in [1.54, 1.807) is 27.0 Å². The lowest BCUT2D eigenvalue weighted by Gasteiger charge is -2.19. The minimum Gasteiger partial charge on any atom is -0.501 e. The average Bonchev–Trinajstić information content (AvgIpc) is 3.38. The summed E-state index contributed by atoms with van der Waals surface area (Å²) in [6, 6.07) is 1.88. The Morgan fingerprint density at radius 2 is 1.82 bits per heavy atom. The molecule has 34 heavy (non-hydrogen) atoms. The van der Waals surface area contributed by atoms with Crippen molar-refractivity contribution in [2.75, 3.05) is 0 Å². The number of aromatic hydroxyl groups is 1. The lowest BCUT2D eigenvalue weighted by atomic mass is 9.99. The molecular weight excluding hydrogens is 498 g/mol. The maximum absolute atomic E-state index is 12.7. The predicted octanol–water partition coefficient (Wildman–Crippen LogP) is 1.79. The fourth-order valence-electron chi connectivity index (χ4n) is 3.35. The van der Waals surface area contributed by atoms with Crippen LogP contribution >= 0.6 is 11.3 Å². The molecule has 13 heteroatoms. The lowest BCUT2D eigenvalue weighted by Crippen LogP contribution is -2.98. The SMILES string of the molecule is CC(C)c1coc(C([NH2+]C2=NS(=O)N=C2[NH2+]c2csc(S(=O)(=O)NC(C)(C)C)c2O)C(C)C)c1. The molecular formula is C21H33N5O5S3+2. The summed E-state index contributed by atoms with van der Waals surface area (Å²) >= 11 is -0.898. The first kappa shape index (κ1) is 26.7. The molecule has 2 aromatic rings. The molecule has 188 valence electrons. The Hall–Kier alpha value is -1.90. The summed E-state index contributed by atoms with van der Waals surface area (Å²) in [5.41, 5.74) is 0.652. The average molecular weight is 532 g/mol. The number of nitrogens with one attached hydrogen (secondary N) is 1. The van der Waals surface area contributed by atoms with E-state index in [1.807, 2.05) is 11.4 Å². The number of furan rings is 1. The summed E-state index contributed by atoms with van der Waals surface area (Å²) in [7, 11) is -3.91. The van der Waals surface area contributed by atoms with E-state index in [4.69, 9.17) is 4.42 Å². The van der Waals surface area contributed by atoms with Crippen molar-refractivity contribution in [3.8, 4) is 5.75 Å². The molecule has 2 atom stereocenters. The highest BCUT2D eigenvalue weighted by atomic mass is 32.2. The van der Waals surface area contributed by atoms with Crippen molar-refractivity contribution in [1.82, 2.24) is 4.72 Å². The van der Waals surface area contributed by atoms with Crippen LogP contribution < -0.4 is 15.4 Å². The zero-order valence-electron chi connectivity index (χ0n) is 20.3. The van der Waals surface area contributed by atoms with Gasteiger partial charge in [0, 0.05) is 11.5 Å². The van der Waals surface area contributed by atoms with Crippen LogP contribution in [0.15, 0.2) is 35.1 Å². The van der Waals surface area contributed by atoms with Gasteiger partial charge in [-0.3, -0.25) is 10.6 Å². The number of quaternary nitrogens is 2. The summed E-state index contributed by atoms with van der Waals surface area (Å²) in [6.45, 7) is 13.4. The van der Waals surface area contributed by atoms with Crippen molar-refractivity contribution in [3.05, 3.63) is 29.0 Å². The van der Waals surface area contributed by atoms with E-state index in [0.29, 0.717) is 17.6 Å². The quantitative estimate of drug-likeness (QED) is 0.429. The van der Waals surface area contributed by atoms with Crippen molar-refractivity contribution in [2.45, 2.75) is 70.2 Å². The van der Waals surface area contributed by atoms with Crippen molar-refractivity contribution in [2.24, 2.45) is 14.7 Å². The van der Waals surface area contributed by atoms with Gasteiger partial charge < -0.3 is 9.52 Å². The molecule has 6 N–H and O–H groups in total. The van der Waals surface area contributed by atoms with E-state index in [9.17, 15) is 17.7 Å². The topological polar surface area (TPSA) is 155 Å². The van der Waals surface area contributed by atoms with E-state index in [1.165, 1.54) is 10.7 Å². The molecule has 10 nitrogen and oxygen atoms in total. The van der Waals surface area contributed by atoms with Gasteiger partial charge >= 0.3 is 11.7 Å². The van der Waals surface area contributed by atoms with E-state index in [2.05, 4.69) is 41.2 Å². The second kappa shape index (κ2) is 9.99. The number of nitrogens with zero attached hydrogens (tertiary/aromatic N) is 2. The first-order valence-corrected chi connectivity index (χ1v) is 14.3. The van der Waals surface area contributed by atoms with Crippen LogP contribution in [0.2, 0.25) is 0 Å². The summed E-state index contributed by atoms with van der Waals surface area (Å²) in [6.07, 6.45) is 1.75. The van der Waals surface area contributed by atoms with Gasteiger partial charge in [-0.2, -0.15) is 0 Å². The van der Waals surface area contributed by atoms with Crippen LogP contribution in [0.3, 0.4) is 0 Å². The fourth-order valence-corrected chi connectivity index (χ4v) is 6.72. The summed E-state index contributed by atoms with van der Waals surface area (Å²) in [5.74, 6) is 1.60. The number of thiophene rings is 1. The first-order valence-electron chi connectivity index (χ1n) is 10.9. The normalized spacial score (nSPS) is 18.0. The Kier molecular flexibility index (Phi) is 7.85. The van der Waals surface area contributed by atoms with E-state index in [0.717, 1.165) is 22.7 Å². The molecule has 2 aromatic heterocycles. The third-order valence-corrected chi connectivity index (χ3v) is 9.04. The van der Waals surface area contributed by atoms with Gasteiger partial charge in [-0.25, -0.2) is 17.3 Å². The molecule has 3 heterocycles. The van der Waals surface area contributed by atoms with Gasteiger partial charge in [0.2, 0.25) is 5.75 Å². The summed E-state index contributed by atoms with van der Waals surface area (Å²) in [5, 5.41) is 15.5.